The first kappa shape index (κ1) is 20.9. The van der Waals surface area contributed by atoms with Gasteiger partial charge in [0.2, 0.25) is 5.82 Å². The summed E-state index contributed by atoms with van der Waals surface area (Å²) in [6.07, 6.45) is 10.6. The van der Waals surface area contributed by atoms with Crippen molar-refractivity contribution in [2.24, 2.45) is 11.8 Å². The van der Waals surface area contributed by atoms with Gasteiger partial charge >= 0.3 is 5.97 Å². The lowest BCUT2D eigenvalue weighted by Crippen LogP contribution is -2.26. The van der Waals surface area contributed by atoms with E-state index >= 15 is 0 Å². The molecule has 0 saturated heterocycles. The summed E-state index contributed by atoms with van der Waals surface area (Å²) < 4.78 is 33.6. The van der Waals surface area contributed by atoms with E-state index in [-0.39, 0.29) is 11.7 Å². The monoisotopic (exact) mass is 366 g/mol. The molecule has 2 nitrogen and oxygen atoms in total. The van der Waals surface area contributed by atoms with Crippen LogP contribution in [0.1, 0.15) is 83.6 Å². The average molecular weight is 366 g/mol. The molecule has 2 rings (SSSR count). The van der Waals surface area contributed by atoms with Gasteiger partial charge in [-0.3, -0.25) is 4.79 Å². The summed E-state index contributed by atoms with van der Waals surface area (Å²) in [4.78, 5) is 12.3. The van der Waals surface area contributed by atoms with Crippen molar-refractivity contribution in [3.63, 3.8) is 0 Å². The molecule has 0 amide bonds. The topological polar surface area (TPSA) is 26.3 Å². The minimum Gasteiger partial charge on any atom is -0.423 e. The lowest BCUT2D eigenvalue weighted by molar-refractivity contribution is -0.140. The molecule has 26 heavy (non-hydrogen) atoms. The normalized spacial score (nSPS) is 20.2. The van der Waals surface area contributed by atoms with Crippen LogP contribution in [0.15, 0.2) is 12.1 Å². The van der Waals surface area contributed by atoms with Gasteiger partial charge < -0.3 is 4.74 Å². The Morgan fingerprint density at radius 3 is 2.35 bits per heavy atom. The van der Waals surface area contributed by atoms with Crippen LogP contribution >= 0.6 is 0 Å². The predicted molar refractivity (Wildman–Crippen MR) is 100 cm³/mol. The van der Waals surface area contributed by atoms with E-state index in [1.807, 2.05) is 0 Å². The van der Waals surface area contributed by atoms with E-state index in [0.717, 1.165) is 44.9 Å². The molecule has 0 aliphatic heterocycles. The van der Waals surface area contributed by atoms with Crippen LogP contribution in [0, 0.1) is 23.5 Å². The summed E-state index contributed by atoms with van der Waals surface area (Å²) in [7, 11) is 0. The fourth-order valence-electron chi connectivity index (χ4n) is 3.78. The molecule has 4 heteroatoms. The van der Waals surface area contributed by atoms with Gasteiger partial charge in [-0.05, 0) is 56.1 Å². The molecule has 0 atom stereocenters. The van der Waals surface area contributed by atoms with E-state index < -0.39 is 17.6 Å². The molecule has 0 aromatic heterocycles. The zero-order chi connectivity index (χ0) is 18.9. The van der Waals surface area contributed by atoms with Crippen LogP contribution in [-0.2, 0) is 11.2 Å². The van der Waals surface area contributed by atoms with Gasteiger partial charge in [0.15, 0.2) is 11.6 Å². The van der Waals surface area contributed by atoms with Gasteiger partial charge in [0.25, 0.3) is 0 Å². The zero-order valence-electron chi connectivity index (χ0n) is 16.2. The second kappa shape index (κ2) is 10.6. The minimum atomic E-state index is -1.04. The molecule has 1 aliphatic carbocycles. The maximum absolute atomic E-state index is 14.2. The molecule has 146 valence electrons. The number of ether oxygens (including phenoxy) is 1. The van der Waals surface area contributed by atoms with Crippen molar-refractivity contribution >= 4 is 5.97 Å². The molecule has 0 heterocycles. The molecule has 1 aromatic rings. The minimum absolute atomic E-state index is 0.195. The van der Waals surface area contributed by atoms with Gasteiger partial charge in [0, 0.05) is 0 Å². The van der Waals surface area contributed by atoms with Crippen molar-refractivity contribution in [3.8, 4) is 5.75 Å². The van der Waals surface area contributed by atoms with E-state index in [4.69, 9.17) is 4.74 Å². The molecule has 0 bridgehead atoms. The van der Waals surface area contributed by atoms with Crippen molar-refractivity contribution in [3.05, 3.63) is 29.3 Å². The second-order valence-corrected chi connectivity index (χ2v) is 7.59. The lowest BCUT2D eigenvalue weighted by Gasteiger charge is -2.27. The third-order valence-corrected chi connectivity index (χ3v) is 5.53. The highest BCUT2D eigenvalue weighted by atomic mass is 19.2. The van der Waals surface area contributed by atoms with Crippen LogP contribution in [0.25, 0.3) is 0 Å². The second-order valence-electron chi connectivity index (χ2n) is 7.59. The number of hydrogen-bond acceptors (Lipinski definition) is 2. The smallest absolute Gasteiger partial charge is 0.314 e. The fraction of sp³-hybridized carbons (Fsp3) is 0.682. The van der Waals surface area contributed by atoms with E-state index in [2.05, 4.69) is 13.8 Å². The van der Waals surface area contributed by atoms with E-state index in [0.29, 0.717) is 17.9 Å². The summed E-state index contributed by atoms with van der Waals surface area (Å²) in [5, 5.41) is 0. The number of unbranched alkanes of at least 4 members (excludes halogenated alkanes) is 3. The Morgan fingerprint density at radius 2 is 1.69 bits per heavy atom. The summed E-state index contributed by atoms with van der Waals surface area (Å²) in [5.41, 5.74) is 0.354. The first-order valence-electron chi connectivity index (χ1n) is 10.2. The molecule has 1 saturated carbocycles. The van der Waals surface area contributed by atoms with Crippen LogP contribution in [0.5, 0.6) is 5.75 Å². The zero-order valence-corrected chi connectivity index (χ0v) is 16.2. The third-order valence-electron chi connectivity index (χ3n) is 5.53. The number of esters is 1. The first-order chi connectivity index (χ1) is 12.6. The molecule has 1 fully saturated rings. The Balaban J connectivity index is 1.90. The van der Waals surface area contributed by atoms with Crippen LogP contribution < -0.4 is 4.74 Å². The number of halogens is 2. The molecule has 1 aromatic carbocycles. The molecular formula is C22H32F2O2. The average Bonchev–Trinajstić information content (AvgIpc) is 2.66. The van der Waals surface area contributed by atoms with E-state index in [1.54, 1.807) is 6.07 Å². The van der Waals surface area contributed by atoms with Gasteiger partial charge in [-0.15, -0.1) is 0 Å². The number of aryl methyl sites for hydroxylation is 1. The van der Waals surface area contributed by atoms with Gasteiger partial charge in [0.05, 0.1) is 5.92 Å². The van der Waals surface area contributed by atoms with Gasteiger partial charge in [-0.1, -0.05) is 52.0 Å². The standard InChI is InChI=1S/C22H32F2O2/c1-3-5-7-9-17-14-15-19(21(24)20(17)23)26-22(25)18-12-10-16(11-13-18)8-6-4-2/h14-16,18H,3-13H2,1-2H3/t16-,18-. The van der Waals surface area contributed by atoms with Gasteiger partial charge in [0.1, 0.15) is 0 Å². The van der Waals surface area contributed by atoms with Crippen molar-refractivity contribution in [1.29, 1.82) is 0 Å². The van der Waals surface area contributed by atoms with Crippen molar-refractivity contribution < 1.29 is 18.3 Å². The summed E-state index contributed by atoms with van der Waals surface area (Å²) in [6, 6.07) is 2.93. The molecule has 1 aliphatic rings. The Morgan fingerprint density at radius 1 is 1.00 bits per heavy atom. The number of rotatable bonds is 9. The van der Waals surface area contributed by atoms with Crippen LogP contribution in [-0.4, -0.2) is 5.97 Å². The Hall–Kier alpha value is -1.45. The Labute approximate surface area is 156 Å². The summed E-state index contributed by atoms with van der Waals surface area (Å²) in [6.45, 7) is 4.25. The molecule has 0 spiro atoms. The number of hydrogen-bond donors (Lipinski definition) is 0. The number of carbonyl (C=O) groups excluding carboxylic acids is 1. The Bertz CT molecular complexity index is 578. The molecule has 0 unspecified atom stereocenters. The highest BCUT2D eigenvalue weighted by Crippen LogP contribution is 2.33. The SMILES string of the molecule is CCCCCc1ccc(OC(=O)[C@H]2CC[C@H](CCCC)CC2)c(F)c1F. The number of benzene rings is 1. The first-order valence-corrected chi connectivity index (χ1v) is 10.2. The maximum atomic E-state index is 14.2. The van der Waals surface area contributed by atoms with Crippen molar-refractivity contribution in [2.45, 2.75) is 84.5 Å². The number of carbonyl (C=O) groups is 1. The van der Waals surface area contributed by atoms with Crippen LogP contribution in [0.3, 0.4) is 0 Å². The largest absolute Gasteiger partial charge is 0.423 e. The fourth-order valence-corrected chi connectivity index (χ4v) is 3.78. The summed E-state index contributed by atoms with van der Waals surface area (Å²) in [5.74, 6) is -2.12. The lowest BCUT2D eigenvalue weighted by atomic mass is 9.80. The van der Waals surface area contributed by atoms with Crippen LogP contribution in [0.2, 0.25) is 0 Å². The highest BCUT2D eigenvalue weighted by Gasteiger charge is 2.28. The highest BCUT2D eigenvalue weighted by molar-refractivity contribution is 5.75. The predicted octanol–water partition coefficient (Wildman–Crippen LogP) is 6.60. The molecule has 0 radical (unpaired) electrons. The maximum Gasteiger partial charge on any atom is 0.314 e. The van der Waals surface area contributed by atoms with E-state index in [9.17, 15) is 13.6 Å². The third kappa shape index (κ3) is 5.78. The van der Waals surface area contributed by atoms with Gasteiger partial charge in [-0.25, -0.2) is 4.39 Å². The molecular weight excluding hydrogens is 334 g/mol. The quantitative estimate of drug-likeness (QED) is 0.280. The van der Waals surface area contributed by atoms with Crippen molar-refractivity contribution in [1.82, 2.24) is 0 Å². The van der Waals surface area contributed by atoms with Crippen LogP contribution in [0.4, 0.5) is 8.78 Å². The van der Waals surface area contributed by atoms with E-state index in [1.165, 1.54) is 25.3 Å². The van der Waals surface area contributed by atoms with Crippen molar-refractivity contribution in [2.75, 3.05) is 0 Å². The van der Waals surface area contributed by atoms with Gasteiger partial charge in [-0.2, -0.15) is 4.39 Å². The summed E-state index contributed by atoms with van der Waals surface area (Å²) >= 11 is 0. The molecule has 0 N–H and O–H groups in total. The Kier molecular flexibility index (Phi) is 8.53.